The van der Waals surface area contributed by atoms with Gasteiger partial charge in [-0.05, 0) is 24.6 Å². The maximum Gasteiger partial charge on any atom is 0.154 e. The summed E-state index contributed by atoms with van der Waals surface area (Å²) in [4.78, 5) is 0. The van der Waals surface area contributed by atoms with Crippen LogP contribution in [0.2, 0.25) is 0 Å². The Balaban J connectivity index is 2.41. The van der Waals surface area contributed by atoms with Crippen LogP contribution in [-0.4, -0.2) is 39.2 Å². The van der Waals surface area contributed by atoms with Crippen molar-refractivity contribution in [3.8, 4) is 0 Å². The second-order valence-corrected chi connectivity index (χ2v) is 7.89. The molecule has 0 amide bonds. The normalized spacial score (nSPS) is 28.6. The minimum absolute atomic E-state index is 0.0529. The molecule has 1 aliphatic carbocycles. The molecular weight excluding hydrogens is 293 g/mol. The van der Waals surface area contributed by atoms with E-state index in [1.165, 1.54) is 12.1 Å². The second-order valence-electron chi connectivity index (χ2n) is 5.48. The highest BCUT2D eigenvalue weighted by Crippen LogP contribution is 2.62. The lowest BCUT2D eigenvalue weighted by Gasteiger charge is -2.15. The van der Waals surface area contributed by atoms with Gasteiger partial charge in [0, 0.05) is 30.2 Å². The molecule has 0 radical (unpaired) electrons. The Kier molecular flexibility index (Phi) is 4.70. The SMILES string of the molecule is CCOC[C@@]1(CN)[C@H](c2cccc(F)c2)[C@@H]1S(=O)(=O)CC. The predicted octanol–water partition coefficient (Wildman–Crippen LogP) is 1.71. The molecule has 1 saturated carbocycles. The van der Waals surface area contributed by atoms with Crippen molar-refractivity contribution >= 4 is 9.84 Å². The van der Waals surface area contributed by atoms with Crippen LogP contribution in [0.5, 0.6) is 0 Å². The molecule has 3 atom stereocenters. The van der Waals surface area contributed by atoms with Crippen molar-refractivity contribution in [1.82, 2.24) is 0 Å². The Labute approximate surface area is 125 Å². The molecule has 0 heterocycles. The van der Waals surface area contributed by atoms with E-state index in [1.54, 1.807) is 19.1 Å². The molecule has 0 unspecified atom stereocenters. The molecular formula is C15H22FNO3S. The van der Waals surface area contributed by atoms with Crippen LogP contribution in [0, 0.1) is 11.2 Å². The number of sulfone groups is 1. The maximum absolute atomic E-state index is 13.5. The van der Waals surface area contributed by atoms with Crippen molar-refractivity contribution in [2.75, 3.05) is 25.5 Å². The largest absolute Gasteiger partial charge is 0.381 e. The van der Waals surface area contributed by atoms with Gasteiger partial charge in [0.1, 0.15) is 5.82 Å². The van der Waals surface area contributed by atoms with Crippen LogP contribution in [0.15, 0.2) is 24.3 Å². The summed E-state index contributed by atoms with van der Waals surface area (Å²) in [5.74, 6) is -0.610. The standard InChI is InChI=1S/C15H22FNO3S/c1-3-20-10-15(9-17)13(14(15)21(18,19)4-2)11-6-5-7-12(16)8-11/h5-8,13-14H,3-4,9-10,17H2,1-2H3/t13-,14+,15+/m1/s1. The quantitative estimate of drug-likeness (QED) is 0.831. The van der Waals surface area contributed by atoms with Gasteiger partial charge in [-0.1, -0.05) is 19.1 Å². The molecule has 0 aliphatic heterocycles. The molecule has 1 fully saturated rings. The first-order valence-electron chi connectivity index (χ1n) is 7.17. The van der Waals surface area contributed by atoms with E-state index in [2.05, 4.69) is 0 Å². The summed E-state index contributed by atoms with van der Waals surface area (Å²) >= 11 is 0. The van der Waals surface area contributed by atoms with Crippen molar-refractivity contribution in [2.45, 2.75) is 25.0 Å². The molecule has 1 aliphatic rings. The van der Waals surface area contributed by atoms with E-state index >= 15 is 0 Å². The van der Waals surface area contributed by atoms with Crippen LogP contribution >= 0.6 is 0 Å². The summed E-state index contributed by atoms with van der Waals surface area (Å²) in [7, 11) is -3.27. The van der Waals surface area contributed by atoms with Crippen molar-refractivity contribution in [3.05, 3.63) is 35.6 Å². The highest BCUT2D eigenvalue weighted by Gasteiger charge is 2.69. The van der Waals surface area contributed by atoms with Crippen molar-refractivity contribution in [2.24, 2.45) is 11.1 Å². The Hall–Kier alpha value is -0.980. The van der Waals surface area contributed by atoms with Crippen molar-refractivity contribution in [3.63, 3.8) is 0 Å². The molecule has 1 aromatic carbocycles. The number of nitrogens with two attached hydrogens (primary N) is 1. The average Bonchev–Trinajstić information content (AvgIpc) is 3.15. The second kappa shape index (κ2) is 6.02. The van der Waals surface area contributed by atoms with Gasteiger partial charge >= 0.3 is 0 Å². The summed E-state index contributed by atoms with van der Waals surface area (Å²) in [5.41, 5.74) is 5.92. The molecule has 1 aromatic rings. The van der Waals surface area contributed by atoms with Crippen LogP contribution in [0.4, 0.5) is 4.39 Å². The van der Waals surface area contributed by atoms with E-state index in [1.807, 2.05) is 6.92 Å². The van der Waals surface area contributed by atoms with E-state index in [0.29, 0.717) is 12.2 Å². The average molecular weight is 315 g/mol. The fourth-order valence-corrected chi connectivity index (χ4v) is 5.32. The molecule has 0 bridgehead atoms. The molecule has 2 N–H and O–H groups in total. The minimum Gasteiger partial charge on any atom is -0.381 e. The highest BCUT2D eigenvalue weighted by atomic mass is 32.2. The van der Waals surface area contributed by atoms with Gasteiger partial charge in [0.25, 0.3) is 0 Å². The van der Waals surface area contributed by atoms with Gasteiger partial charge in [0.05, 0.1) is 11.9 Å². The number of rotatable bonds is 7. The van der Waals surface area contributed by atoms with Gasteiger partial charge in [-0.25, -0.2) is 12.8 Å². The molecule has 0 saturated heterocycles. The number of hydrogen-bond donors (Lipinski definition) is 1. The zero-order chi connectivity index (χ0) is 15.7. The number of benzene rings is 1. The maximum atomic E-state index is 13.5. The van der Waals surface area contributed by atoms with Gasteiger partial charge in [-0.2, -0.15) is 0 Å². The van der Waals surface area contributed by atoms with E-state index in [9.17, 15) is 12.8 Å². The molecule has 118 valence electrons. The number of ether oxygens (including phenoxy) is 1. The van der Waals surface area contributed by atoms with E-state index in [0.717, 1.165) is 0 Å². The third-order valence-corrected chi connectivity index (χ3v) is 6.65. The van der Waals surface area contributed by atoms with Crippen LogP contribution in [0.3, 0.4) is 0 Å². The van der Waals surface area contributed by atoms with Crippen LogP contribution in [0.25, 0.3) is 0 Å². The first-order chi connectivity index (χ1) is 9.93. The highest BCUT2D eigenvalue weighted by molar-refractivity contribution is 7.92. The van der Waals surface area contributed by atoms with E-state index < -0.39 is 20.5 Å². The number of hydrogen-bond acceptors (Lipinski definition) is 4. The van der Waals surface area contributed by atoms with Crippen molar-refractivity contribution < 1.29 is 17.5 Å². The summed E-state index contributed by atoms with van der Waals surface area (Å²) in [5, 5.41) is -0.589. The van der Waals surface area contributed by atoms with E-state index in [-0.39, 0.29) is 30.6 Å². The Bertz CT molecular complexity index is 605. The fraction of sp³-hybridized carbons (Fsp3) is 0.600. The third-order valence-electron chi connectivity index (χ3n) is 4.33. The first kappa shape index (κ1) is 16.4. The van der Waals surface area contributed by atoms with Crippen LogP contribution in [0.1, 0.15) is 25.3 Å². The third kappa shape index (κ3) is 2.84. The zero-order valence-corrected chi connectivity index (χ0v) is 13.2. The van der Waals surface area contributed by atoms with Gasteiger partial charge in [-0.15, -0.1) is 0 Å². The lowest BCUT2D eigenvalue weighted by molar-refractivity contribution is 0.101. The van der Waals surface area contributed by atoms with Gasteiger partial charge in [-0.3, -0.25) is 0 Å². The lowest BCUT2D eigenvalue weighted by atomic mass is 10.00. The molecule has 0 aromatic heterocycles. The topological polar surface area (TPSA) is 69.4 Å². The molecule has 21 heavy (non-hydrogen) atoms. The molecule has 4 nitrogen and oxygen atoms in total. The van der Waals surface area contributed by atoms with Crippen LogP contribution < -0.4 is 5.73 Å². The number of halogens is 1. The summed E-state index contributed by atoms with van der Waals surface area (Å²) in [6.45, 7) is 4.46. The zero-order valence-electron chi connectivity index (χ0n) is 12.4. The monoisotopic (exact) mass is 315 g/mol. The summed E-state index contributed by atoms with van der Waals surface area (Å²) in [6, 6.07) is 6.10. The predicted molar refractivity (Wildman–Crippen MR) is 80.4 cm³/mol. The Morgan fingerprint density at radius 2 is 2.10 bits per heavy atom. The molecule has 2 rings (SSSR count). The summed E-state index contributed by atoms with van der Waals surface area (Å²) in [6.07, 6.45) is 0. The fourth-order valence-electron chi connectivity index (χ4n) is 3.17. The lowest BCUT2D eigenvalue weighted by Crippen LogP contribution is -2.29. The van der Waals surface area contributed by atoms with Gasteiger partial charge in [0.15, 0.2) is 9.84 Å². The molecule has 6 heteroatoms. The summed E-state index contributed by atoms with van der Waals surface area (Å²) < 4.78 is 43.6. The van der Waals surface area contributed by atoms with Crippen LogP contribution in [-0.2, 0) is 14.6 Å². The van der Waals surface area contributed by atoms with Gasteiger partial charge in [0.2, 0.25) is 0 Å². The smallest absolute Gasteiger partial charge is 0.154 e. The van der Waals surface area contributed by atoms with Crippen molar-refractivity contribution in [1.29, 1.82) is 0 Å². The minimum atomic E-state index is -3.27. The first-order valence-corrected chi connectivity index (χ1v) is 8.89. The van der Waals surface area contributed by atoms with E-state index in [4.69, 9.17) is 10.5 Å². The van der Waals surface area contributed by atoms with Gasteiger partial charge < -0.3 is 10.5 Å². The Morgan fingerprint density at radius 3 is 2.62 bits per heavy atom. The molecule has 0 spiro atoms. The Morgan fingerprint density at radius 1 is 1.38 bits per heavy atom.